The second-order valence-electron chi connectivity index (χ2n) is 8.08. The Labute approximate surface area is 179 Å². The van der Waals surface area contributed by atoms with Crippen LogP contribution in [0.1, 0.15) is 52.6 Å². The van der Waals surface area contributed by atoms with E-state index in [2.05, 4.69) is 48.2 Å². The third-order valence-corrected chi connectivity index (χ3v) is 7.57. The fraction of sp³-hybridized carbons (Fsp3) is 0.280. The third kappa shape index (κ3) is 4.00. The number of sulfonamides is 1. The summed E-state index contributed by atoms with van der Waals surface area (Å²) in [5.74, 6) is 0.323. The zero-order valence-corrected chi connectivity index (χ0v) is 18.5. The summed E-state index contributed by atoms with van der Waals surface area (Å²) in [5.41, 5.74) is 6.96. The van der Waals surface area contributed by atoms with Gasteiger partial charge < -0.3 is 5.32 Å². The molecule has 0 amide bonds. The highest BCUT2D eigenvalue weighted by molar-refractivity contribution is 7.92. The second kappa shape index (κ2) is 8.25. The molecule has 0 spiro atoms. The van der Waals surface area contributed by atoms with E-state index in [9.17, 15) is 8.42 Å². The number of fused-ring (bicyclic) bond motifs is 1. The molecule has 0 aromatic heterocycles. The summed E-state index contributed by atoms with van der Waals surface area (Å²) in [4.78, 5) is 0.265. The predicted molar refractivity (Wildman–Crippen MR) is 122 cm³/mol. The minimum atomic E-state index is -3.61. The van der Waals surface area contributed by atoms with Gasteiger partial charge in [-0.05, 0) is 85.8 Å². The van der Waals surface area contributed by atoms with E-state index in [0.717, 1.165) is 12.8 Å². The molecule has 0 fully saturated rings. The van der Waals surface area contributed by atoms with Gasteiger partial charge in [-0.3, -0.25) is 4.72 Å². The summed E-state index contributed by atoms with van der Waals surface area (Å²) in [6, 6.07) is 21.3. The Bertz CT molecular complexity index is 1160. The molecule has 3 aromatic rings. The molecule has 156 valence electrons. The van der Waals surface area contributed by atoms with Crippen molar-refractivity contribution >= 4 is 15.7 Å². The average Bonchev–Trinajstić information content (AvgIpc) is 2.75. The quantitative estimate of drug-likeness (QED) is 0.590. The van der Waals surface area contributed by atoms with Crippen molar-refractivity contribution in [3.8, 4) is 0 Å². The zero-order valence-electron chi connectivity index (χ0n) is 17.6. The third-order valence-electron chi connectivity index (χ3n) is 6.17. The summed E-state index contributed by atoms with van der Waals surface area (Å²) < 4.78 is 28.2. The lowest BCUT2D eigenvalue weighted by Gasteiger charge is -2.32. The Hall–Kier alpha value is -2.63. The molecule has 2 N–H and O–H groups in total. The number of rotatable bonds is 5. The molecule has 1 unspecified atom stereocenters. The van der Waals surface area contributed by atoms with Crippen molar-refractivity contribution in [1.29, 1.82) is 0 Å². The molecule has 1 aliphatic carbocycles. The van der Waals surface area contributed by atoms with Gasteiger partial charge in [-0.25, -0.2) is 8.42 Å². The van der Waals surface area contributed by atoms with Crippen LogP contribution in [0.5, 0.6) is 0 Å². The van der Waals surface area contributed by atoms with Gasteiger partial charge in [-0.1, -0.05) is 42.5 Å². The van der Waals surface area contributed by atoms with Crippen LogP contribution >= 0.6 is 0 Å². The van der Waals surface area contributed by atoms with Crippen molar-refractivity contribution in [2.45, 2.75) is 43.5 Å². The summed E-state index contributed by atoms with van der Waals surface area (Å²) >= 11 is 0. The first kappa shape index (κ1) is 20.6. The lowest BCUT2D eigenvalue weighted by atomic mass is 9.76. The van der Waals surface area contributed by atoms with Gasteiger partial charge in [0.15, 0.2) is 0 Å². The first-order chi connectivity index (χ1) is 14.4. The van der Waals surface area contributed by atoms with Crippen molar-refractivity contribution in [2.75, 3.05) is 11.8 Å². The largest absolute Gasteiger partial charge is 0.313 e. The maximum absolute atomic E-state index is 12.7. The lowest BCUT2D eigenvalue weighted by molar-refractivity contribution is 0.471. The smallest absolute Gasteiger partial charge is 0.261 e. The first-order valence-corrected chi connectivity index (χ1v) is 11.8. The van der Waals surface area contributed by atoms with Gasteiger partial charge in [0.05, 0.1) is 4.90 Å². The Morgan fingerprint density at radius 3 is 2.30 bits per heavy atom. The van der Waals surface area contributed by atoms with Crippen molar-refractivity contribution < 1.29 is 8.42 Å². The fourth-order valence-corrected chi connectivity index (χ4v) is 5.41. The van der Waals surface area contributed by atoms with E-state index in [0.29, 0.717) is 11.6 Å². The van der Waals surface area contributed by atoms with Crippen molar-refractivity contribution in [2.24, 2.45) is 0 Å². The number of hydrogen-bond donors (Lipinski definition) is 2. The number of anilines is 1. The standard InChI is InChI=1S/C25H28N2O2S/c1-17-9-10-19(15-18(17)2)22-13-14-25(26-3)24-16-20(11-12-23(22)24)27-30(28,29)21-7-5-4-6-8-21/h4-12,15-16,22,25-27H,13-14H2,1-3H3/t22-,25?/m0/s1. The van der Waals surface area contributed by atoms with E-state index >= 15 is 0 Å². The van der Waals surface area contributed by atoms with Gasteiger partial charge in [0.25, 0.3) is 10.0 Å². The van der Waals surface area contributed by atoms with Crippen LogP contribution < -0.4 is 10.0 Å². The summed E-state index contributed by atoms with van der Waals surface area (Å²) in [5, 5.41) is 3.40. The minimum Gasteiger partial charge on any atom is -0.313 e. The van der Waals surface area contributed by atoms with E-state index in [1.807, 2.05) is 25.2 Å². The minimum absolute atomic E-state index is 0.212. The fourth-order valence-electron chi connectivity index (χ4n) is 4.34. The Balaban J connectivity index is 1.70. The number of nitrogens with one attached hydrogen (secondary N) is 2. The topological polar surface area (TPSA) is 58.2 Å². The van der Waals surface area contributed by atoms with Crippen LogP contribution in [0.4, 0.5) is 5.69 Å². The van der Waals surface area contributed by atoms with Crippen molar-refractivity contribution in [3.05, 3.63) is 94.5 Å². The molecule has 3 aromatic carbocycles. The molecule has 0 saturated heterocycles. The molecule has 0 radical (unpaired) electrons. The zero-order chi connectivity index (χ0) is 21.3. The molecule has 4 rings (SSSR count). The summed E-state index contributed by atoms with van der Waals surface area (Å²) in [6.07, 6.45) is 2.08. The van der Waals surface area contributed by atoms with Crippen LogP contribution in [0, 0.1) is 13.8 Å². The molecule has 5 heteroatoms. The van der Waals surface area contributed by atoms with E-state index in [4.69, 9.17) is 0 Å². The Morgan fingerprint density at radius 2 is 1.60 bits per heavy atom. The summed E-state index contributed by atoms with van der Waals surface area (Å²) in [6.45, 7) is 4.29. The highest BCUT2D eigenvalue weighted by Crippen LogP contribution is 2.42. The Morgan fingerprint density at radius 1 is 0.833 bits per heavy atom. The van der Waals surface area contributed by atoms with Crippen LogP contribution in [0.25, 0.3) is 0 Å². The van der Waals surface area contributed by atoms with Crippen LogP contribution in [-0.2, 0) is 10.0 Å². The van der Waals surface area contributed by atoms with Crippen LogP contribution in [-0.4, -0.2) is 15.5 Å². The number of benzene rings is 3. The van der Waals surface area contributed by atoms with E-state index in [-0.39, 0.29) is 10.9 Å². The maximum Gasteiger partial charge on any atom is 0.261 e. The summed E-state index contributed by atoms with van der Waals surface area (Å²) in [7, 11) is -1.65. The van der Waals surface area contributed by atoms with E-state index < -0.39 is 10.0 Å². The molecule has 30 heavy (non-hydrogen) atoms. The molecular weight excluding hydrogens is 392 g/mol. The number of hydrogen-bond acceptors (Lipinski definition) is 3. The average molecular weight is 421 g/mol. The molecular formula is C25H28N2O2S. The molecule has 0 aliphatic heterocycles. The van der Waals surface area contributed by atoms with E-state index in [1.54, 1.807) is 24.3 Å². The molecule has 0 heterocycles. The molecule has 4 nitrogen and oxygen atoms in total. The maximum atomic E-state index is 12.7. The first-order valence-electron chi connectivity index (χ1n) is 10.3. The predicted octanol–water partition coefficient (Wildman–Crippen LogP) is 5.29. The molecule has 0 saturated carbocycles. The molecule has 0 bridgehead atoms. The molecule has 2 atom stereocenters. The van der Waals surface area contributed by atoms with Crippen LogP contribution in [0.3, 0.4) is 0 Å². The van der Waals surface area contributed by atoms with Crippen LogP contribution in [0.15, 0.2) is 71.6 Å². The van der Waals surface area contributed by atoms with Gasteiger partial charge in [-0.2, -0.15) is 0 Å². The van der Waals surface area contributed by atoms with Gasteiger partial charge in [0, 0.05) is 17.6 Å². The van der Waals surface area contributed by atoms with Crippen LogP contribution in [0.2, 0.25) is 0 Å². The molecule has 1 aliphatic rings. The van der Waals surface area contributed by atoms with Gasteiger partial charge in [0.2, 0.25) is 0 Å². The van der Waals surface area contributed by atoms with Gasteiger partial charge >= 0.3 is 0 Å². The highest BCUT2D eigenvalue weighted by atomic mass is 32.2. The monoisotopic (exact) mass is 420 g/mol. The highest BCUT2D eigenvalue weighted by Gasteiger charge is 2.28. The lowest BCUT2D eigenvalue weighted by Crippen LogP contribution is -2.25. The Kier molecular flexibility index (Phi) is 5.67. The second-order valence-corrected chi connectivity index (χ2v) is 9.76. The normalized spacial score (nSPS) is 18.6. The van der Waals surface area contributed by atoms with Crippen molar-refractivity contribution in [3.63, 3.8) is 0 Å². The van der Waals surface area contributed by atoms with Crippen molar-refractivity contribution in [1.82, 2.24) is 5.32 Å². The number of aryl methyl sites for hydroxylation is 2. The van der Waals surface area contributed by atoms with Gasteiger partial charge in [0.1, 0.15) is 0 Å². The SMILES string of the molecule is CNC1CC[C@@H](c2ccc(C)c(C)c2)c2ccc(NS(=O)(=O)c3ccccc3)cc21. The van der Waals surface area contributed by atoms with E-state index in [1.165, 1.54) is 27.8 Å². The van der Waals surface area contributed by atoms with Gasteiger partial charge in [-0.15, -0.1) is 0 Å².